The predicted octanol–water partition coefficient (Wildman–Crippen LogP) is 3.76. The van der Waals surface area contributed by atoms with Crippen molar-refractivity contribution in [2.75, 3.05) is 18.7 Å². The lowest BCUT2D eigenvalue weighted by Gasteiger charge is -2.12. The summed E-state index contributed by atoms with van der Waals surface area (Å²) in [5.74, 6) is -0.180. The van der Waals surface area contributed by atoms with Crippen molar-refractivity contribution in [1.29, 1.82) is 0 Å². The fourth-order valence-corrected chi connectivity index (χ4v) is 4.10. The highest BCUT2D eigenvalue weighted by Crippen LogP contribution is 2.35. The van der Waals surface area contributed by atoms with Gasteiger partial charge in [-0.2, -0.15) is 0 Å². The fourth-order valence-electron chi connectivity index (χ4n) is 2.87. The normalized spacial score (nSPS) is 16.2. The number of halogens is 1. The maximum atomic E-state index is 12.6. The van der Waals surface area contributed by atoms with Crippen molar-refractivity contribution >= 4 is 62.2 Å². The van der Waals surface area contributed by atoms with Crippen LogP contribution in [0.4, 0.5) is 16.2 Å². The molecule has 10 nitrogen and oxygen atoms in total. The van der Waals surface area contributed by atoms with Gasteiger partial charge in [-0.25, -0.2) is 0 Å². The molecule has 2 aromatic rings. The smallest absolute Gasteiger partial charge is 0.294 e. The first-order valence-corrected chi connectivity index (χ1v) is 10.3. The molecule has 0 bridgehead atoms. The molecule has 0 atom stereocenters. The van der Waals surface area contributed by atoms with E-state index in [0.717, 1.165) is 4.90 Å². The molecule has 1 saturated heterocycles. The molecule has 0 aliphatic carbocycles. The van der Waals surface area contributed by atoms with Crippen LogP contribution in [0.15, 0.2) is 45.8 Å². The van der Waals surface area contributed by atoms with Crippen molar-refractivity contribution in [2.45, 2.75) is 0 Å². The molecule has 0 radical (unpaired) electrons. The number of ether oxygens (including phenoxy) is 2. The van der Waals surface area contributed by atoms with Crippen LogP contribution in [0.2, 0.25) is 0 Å². The maximum absolute atomic E-state index is 12.6. The third kappa shape index (κ3) is 4.39. The Hall–Kier alpha value is -3.38. The molecule has 2 aliphatic heterocycles. The van der Waals surface area contributed by atoms with Crippen LogP contribution in [0, 0.1) is 10.1 Å². The van der Waals surface area contributed by atoms with E-state index >= 15 is 0 Å². The van der Waals surface area contributed by atoms with Gasteiger partial charge in [0.05, 0.1) is 14.3 Å². The van der Waals surface area contributed by atoms with Crippen molar-refractivity contribution < 1.29 is 28.8 Å². The molecule has 4 rings (SSSR count). The standard InChI is InChI=1S/C19H12BrN3O7S/c20-12-3-1-10(5-13(12)23(27)28)6-16-18(25)22(19(26)31-16)8-17(24)21-11-2-4-14-15(7-11)30-9-29-14/h1-7H,8-9H2,(H,21,24)/b16-6-. The van der Waals surface area contributed by atoms with Crippen LogP contribution in [0.25, 0.3) is 6.08 Å². The number of carbonyl (C=O) groups excluding carboxylic acids is 3. The first-order valence-electron chi connectivity index (χ1n) is 8.70. The van der Waals surface area contributed by atoms with Gasteiger partial charge in [0.1, 0.15) is 6.54 Å². The van der Waals surface area contributed by atoms with Crippen molar-refractivity contribution in [1.82, 2.24) is 4.90 Å². The highest BCUT2D eigenvalue weighted by molar-refractivity contribution is 9.10. The van der Waals surface area contributed by atoms with Crippen LogP contribution in [0.3, 0.4) is 0 Å². The lowest BCUT2D eigenvalue weighted by Crippen LogP contribution is -2.36. The number of nitro benzene ring substituents is 1. The molecule has 158 valence electrons. The Balaban J connectivity index is 1.46. The highest BCUT2D eigenvalue weighted by Gasteiger charge is 2.36. The quantitative estimate of drug-likeness (QED) is 0.369. The largest absolute Gasteiger partial charge is 0.454 e. The summed E-state index contributed by atoms with van der Waals surface area (Å²) in [7, 11) is 0. The molecule has 2 aliphatic rings. The maximum Gasteiger partial charge on any atom is 0.294 e. The number of anilines is 1. The van der Waals surface area contributed by atoms with Crippen molar-refractivity contribution in [2.24, 2.45) is 0 Å². The molecular formula is C19H12BrN3O7S. The summed E-state index contributed by atoms with van der Waals surface area (Å²) in [6.07, 6.45) is 1.38. The third-order valence-electron chi connectivity index (χ3n) is 4.30. The summed E-state index contributed by atoms with van der Waals surface area (Å²) >= 11 is 3.75. The van der Waals surface area contributed by atoms with E-state index in [4.69, 9.17) is 9.47 Å². The number of imide groups is 1. The first kappa shape index (κ1) is 20.9. The van der Waals surface area contributed by atoms with Crippen LogP contribution in [0.1, 0.15) is 5.56 Å². The molecular weight excluding hydrogens is 494 g/mol. The van der Waals surface area contributed by atoms with Gasteiger partial charge >= 0.3 is 0 Å². The van der Waals surface area contributed by atoms with Gasteiger partial charge in [0.25, 0.3) is 16.8 Å². The lowest BCUT2D eigenvalue weighted by molar-refractivity contribution is -0.385. The minimum Gasteiger partial charge on any atom is -0.454 e. The Morgan fingerprint density at radius 1 is 1.23 bits per heavy atom. The molecule has 1 N–H and O–H groups in total. The number of benzene rings is 2. The van der Waals surface area contributed by atoms with E-state index < -0.39 is 28.5 Å². The average molecular weight is 506 g/mol. The van der Waals surface area contributed by atoms with Crippen LogP contribution in [-0.2, 0) is 9.59 Å². The van der Waals surface area contributed by atoms with Crippen LogP contribution in [0.5, 0.6) is 11.5 Å². The minimum absolute atomic E-state index is 0.0671. The van der Waals surface area contributed by atoms with Crippen LogP contribution in [-0.4, -0.2) is 40.2 Å². The number of thioether (sulfide) groups is 1. The molecule has 0 saturated carbocycles. The number of nitrogens with one attached hydrogen (secondary N) is 1. The van der Waals surface area contributed by atoms with Gasteiger partial charge in [-0.3, -0.25) is 29.4 Å². The van der Waals surface area contributed by atoms with Gasteiger partial charge in [0, 0.05) is 17.8 Å². The number of hydrogen-bond donors (Lipinski definition) is 1. The number of hydrogen-bond acceptors (Lipinski definition) is 8. The zero-order valence-electron chi connectivity index (χ0n) is 15.5. The van der Waals surface area contributed by atoms with Gasteiger partial charge in [-0.15, -0.1) is 0 Å². The number of fused-ring (bicyclic) bond motifs is 1. The number of carbonyl (C=O) groups is 3. The molecule has 31 heavy (non-hydrogen) atoms. The Bertz CT molecular complexity index is 1170. The van der Waals surface area contributed by atoms with Crippen molar-refractivity contribution in [3.8, 4) is 11.5 Å². The van der Waals surface area contributed by atoms with E-state index in [1.54, 1.807) is 24.3 Å². The van der Waals surface area contributed by atoms with E-state index in [1.165, 1.54) is 18.2 Å². The topological polar surface area (TPSA) is 128 Å². The van der Waals surface area contributed by atoms with Gasteiger partial charge in [-0.05, 0) is 57.5 Å². The third-order valence-corrected chi connectivity index (χ3v) is 5.87. The van der Waals surface area contributed by atoms with E-state index in [0.29, 0.717) is 39.0 Å². The zero-order chi connectivity index (χ0) is 22.1. The molecule has 1 fully saturated rings. The van der Waals surface area contributed by atoms with Crippen LogP contribution >= 0.6 is 27.7 Å². The van der Waals surface area contributed by atoms with Gasteiger partial charge in [0.15, 0.2) is 11.5 Å². The summed E-state index contributed by atoms with van der Waals surface area (Å²) in [6.45, 7) is -0.381. The first-order chi connectivity index (χ1) is 14.8. The van der Waals surface area contributed by atoms with E-state index in [9.17, 15) is 24.5 Å². The Labute approximate surface area is 187 Å². The van der Waals surface area contributed by atoms with E-state index in [1.807, 2.05) is 0 Å². The summed E-state index contributed by atoms with van der Waals surface area (Å²) in [6, 6.07) is 9.15. The van der Waals surface area contributed by atoms with Crippen LogP contribution < -0.4 is 14.8 Å². The summed E-state index contributed by atoms with van der Waals surface area (Å²) in [5.41, 5.74) is 0.639. The molecule has 0 spiro atoms. The lowest BCUT2D eigenvalue weighted by atomic mass is 10.2. The molecule has 2 heterocycles. The van der Waals surface area contributed by atoms with Gasteiger partial charge in [-0.1, -0.05) is 6.07 Å². The highest BCUT2D eigenvalue weighted by atomic mass is 79.9. The molecule has 0 unspecified atom stereocenters. The SMILES string of the molecule is O=C(CN1C(=O)S/C(=C\c2ccc(Br)c([N+](=O)[O-])c2)C1=O)Nc1ccc2c(c1)OCO2. The summed E-state index contributed by atoms with van der Waals surface area (Å²) in [4.78, 5) is 48.6. The molecule has 0 aromatic heterocycles. The summed E-state index contributed by atoms with van der Waals surface area (Å²) in [5, 5.41) is 13.1. The Morgan fingerprint density at radius 2 is 2.00 bits per heavy atom. The zero-order valence-corrected chi connectivity index (χ0v) is 17.9. The van der Waals surface area contributed by atoms with Crippen molar-refractivity contribution in [3.05, 3.63) is 61.5 Å². The monoisotopic (exact) mass is 505 g/mol. The molecule has 2 aromatic carbocycles. The van der Waals surface area contributed by atoms with Crippen molar-refractivity contribution in [3.63, 3.8) is 0 Å². The van der Waals surface area contributed by atoms with E-state index in [-0.39, 0.29) is 17.4 Å². The van der Waals surface area contributed by atoms with E-state index in [2.05, 4.69) is 21.2 Å². The predicted molar refractivity (Wildman–Crippen MR) is 115 cm³/mol. The second kappa shape index (κ2) is 8.40. The fraction of sp³-hybridized carbons (Fsp3) is 0.105. The number of nitrogens with zero attached hydrogens (tertiary/aromatic N) is 2. The Morgan fingerprint density at radius 3 is 2.77 bits per heavy atom. The number of amides is 3. The Kier molecular flexibility index (Phi) is 5.65. The second-order valence-electron chi connectivity index (χ2n) is 6.35. The number of nitro groups is 1. The molecule has 12 heteroatoms. The average Bonchev–Trinajstić information content (AvgIpc) is 3.29. The number of rotatable bonds is 5. The second-order valence-corrected chi connectivity index (χ2v) is 8.20. The summed E-state index contributed by atoms with van der Waals surface area (Å²) < 4.78 is 10.7. The molecule has 3 amide bonds. The minimum atomic E-state index is -0.651. The van der Waals surface area contributed by atoms with Gasteiger partial charge < -0.3 is 14.8 Å². The van der Waals surface area contributed by atoms with Gasteiger partial charge in [0.2, 0.25) is 12.7 Å².